The molecule has 0 aliphatic heterocycles. The van der Waals surface area contributed by atoms with E-state index in [4.69, 9.17) is 15.9 Å². The number of hydrogen-bond donors (Lipinski definition) is 0. The Morgan fingerprint density at radius 1 is 2.00 bits per heavy atom. The second-order valence-electron chi connectivity index (χ2n) is 0.412. The van der Waals surface area contributed by atoms with Gasteiger partial charge in [0.25, 0.3) is 0 Å². The molecule has 5 heavy (non-hydrogen) atoms. The monoisotopic (exact) mass is 107 g/mol. The van der Waals surface area contributed by atoms with Gasteiger partial charge >= 0.3 is 0 Å². The number of hydrogen-bond acceptors (Lipinski definition) is 2. The summed E-state index contributed by atoms with van der Waals surface area (Å²) in [5.74, 6) is 0.377. The van der Waals surface area contributed by atoms with Crippen LogP contribution in [0, 0.1) is 11.3 Å². The third-order valence-corrected chi connectivity index (χ3v) is 0.685. The Morgan fingerprint density at radius 2 is 2.60 bits per heavy atom. The molecule has 1 nitrogen and oxygen atoms in total. The van der Waals surface area contributed by atoms with Crippen LogP contribution in [-0.2, 0) is 0 Å². The average molecular weight is 108 g/mol. The van der Waals surface area contributed by atoms with E-state index < -0.39 is 0 Å². The lowest BCUT2D eigenvalue weighted by molar-refractivity contribution is 1.50. The average Bonchev–Trinajstić information content (AvgIpc) is 1.41. The quantitative estimate of drug-likeness (QED) is 0.506. The summed E-state index contributed by atoms with van der Waals surface area (Å²) < 4.78 is 0. The molecule has 3 heteroatoms. The zero-order valence-corrected chi connectivity index (χ0v) is 4.01. The maximum atomic E-state index is 7.71. The molecule has 0 unspecified atom stereocenters. The van der Waals surface area contributed by atoms with Gasteiger partial charge < -0.3 is 0 Å². The zero-order chi connectivity index (χ0) is 4.12. The first-order valence-corrected chi connectivity index (χ1v) is 2.83. The van der Waals surface area contributed by atoms with Crippen LogP contribution < -0.4 is 0 Å². The van der Waals surface area contributed by atoms with Gasteiger partial charge in [-0.25, -0.2) is 0 Å². The van der Waals surface area contributed by atoms with Crippen molar-refractivity contribution in [1.29, 1.82) is 5.26 Å². The van der Waals surface area contributed by atoms with E-state index in [-0.39, 0.29) is 0 Å². The SMILES string of the molecule is N#CCSCl. The molecular formula is C2H2ClNS. The molecule has 0 aliphatic carbocycles. The van der Waals surface area contributed by atoms with Crippen molar-refractivity contribution >= 4 is 21.7 Å². The fraction of sp³-hybridized carbons (Fsp3) is 0.500. The lowest BCUT2D eigenvalue weighted by Gasteiger charge is -1.63. The zero-order valence-electron chi connectivity index (χ0n) is 2.44. The van der Waals surface area contributed by atoms with Crippen LogP contribution in [0.5, 0.6) is 0 Å². The van der Waals surface area contributed by atoms with E-state index in [1.807, 2.05) is 6.07 Å². The molecule has 0 aliphatic rings. The highest BCUT2D eigenvalue weighted by molar-refractivity contribution is 8.21. The molecule has 0 saturated carbocycles. The molecule has 0 aromatic rings. The number of halogens is 1. The Morgan fingerprint density at radius 3 is 2.60 bits per heavy atom. The van der Waals surface area contributed by atoms with Crippen molar-refractivity contribution in [3.05, 3.63) is 0 Å². The Balaban J connectivity index is 2.48. The molecule has 0 atom stereocenters. The molecule has 0 heterocycles. The van der Waals surface area contributed by atoms with Crippen LogP contribution in [0.1, 0.15) is 0 Å². The molecule has 0 aromatic carbocycles. The van der Waals surface area contributed by atoms with Gasteiger partial charge in [0.1, 0.15) is 0 Å². The highest BCUT2D eigenvalue weighted by Gasteiger charge is 1.68. The van der Waals surface area contributed by atoms with Gasteiger partial charge in [-0.2, -0.15) is 5.26 Å². The van der Waals surface area contributed by atoms with E-state index in [1.165, 1.54) is 0 Å². The van der Waals surface area contributed by atoms with E-state index in [2.05, 4.69) is 0 Å². The molecular weight excluding hydrogens is 106 g/mol. The minimum atomic E-state index is 0.377. The van der Waals surface area contributed by atoms with Gasteiger partial charge in [0.05, 0.1) is 11.8 Å². The minimum absolute atomic E-state index is 0.377. The molecule has 0 amide bonds. The van der Waals surface area contributed by atoms with E-state index in [9.17, 15) is 0 Å². The standard InChI is InChI=1S/C2H2ClNS/c3-5-2-1-4/h2H2. The summed E-state index contributed by atoms with van der Waals surface area (Å²) in [6.07, 6.45) is 0. The second-order valence-corrected chi connectivity index (χ2v) is 1.57. The second kappa shape index (κ2) is 4.13. The van der Waals surface area contributed by atoms with Crippen LogP contribution in [0.2, 0.25) is 0 Å². The van der Waals surface area contributed by atoms with Crippen molar-refractivity contribution in [1.82, 2.24) is 0 Å². The largest absolute Gasteiger partial charge is 0.197 e. The molecule has 0 N–H and O–H groups in total. The molecule has 0 saturated heterocycles. The highest BCUT2D eigenvalue weighted by Crippen LogP contribution is 2.01. The third kappa shape index (κ3) is 4.13. The molecule has 28 valence electrons. The predicted molar refractivity (Wildman–Crippen MR) is 23.9 cm³/mol. The van der Waals surface area contributed by atoms with E-state index in [0.29, 0.717) is 5.75 Å². The van der Waals surface area contributed by atoms with Crippen LogP contribution in [0.15, 0.2) is 0 Å². The van der Waals surface area contributed by atoms with Gasteiger partial charge in [0.2, 0.25) is 0 Å². The first-order chi connectivity index (χ1) is 2.41. The van der Waals surface area contributed by atoms with Crippen LogP contribution in [0.4, 0.5) is 0 Å². The van der Waals surface area contributed by atoms with Gasteiger partial charge in [0, 0.05) is 0 Å². The van der Waals surface area contributed by atoms with Gasteiger partial charge in [-0.3, -0.25) is 0 Å². The fourth-order valence-electron chi connectivity index (χ4n) is 0.0244. The Hall–Kier alpha value is 0.130. The maximum Gasteiger partial charge on any atom is 0.0959 e. The van der Waals surface area contributed by atoms with Gasteiger partial charge in [-0.15, -0.1) is 0 Å². The van der Waals surface area contributed by atoms with E-state index >= 15 is 0 Å². The van der Waals surface area contributed by atoms with Crippen molar-refractivity contribution < 1.29 is 0 Å². The maximum absolute atomic E-state index is 7.71. The highest BCUT2D eigenvalue weighted by atomic mass is 35.7. The molecule has 0 fully saturated rings. The minimum Gasteiger partial charge on any atom is -0.197 e. The van der Waals surface area contributed by atoms with Gasteiger partial charge in [-0.1, -0.05) is 0 Å². The first kappa shape index (κ1) is 5.13. The summed E-state index contributed by atoms with van der Waals surface area (Å²) in [6, 6.07) is 1.85. The Labute approximate surface area is 39.4 Å². The Kier molecular flexibility index (Phi) is 4.24. The Bertz CT molecular complexity index is 48.1. The molecule has 0 radical (unpaired) electrons. The summed E-state index contributed by atoms with van der Waals surface area (Å²) in [7, 11) is 6.01. The fourth-order valence-corrected chi connectivity index (χ4v) is 0.220. The van der Waals surface area contributed by atoms with Crippen LogP contribution in [-0.4, -0.2) is 5.75 Å². The van der Waals surface area contributed by atoms with Crippen LogP contribution in [0.3, 0.4) is 0 Å². The lowest BCUT2D eigenvalue weighted by Crippen LogP contribution is -1.54. The normalized spacial score (nSPS) is 6.40. The smallest absolute Gasteiger partial charge is 0.0959 e. The van der Waals surface area contributed by atoms with Crippen molar-refractivity contribution in [2.45, 2.75) is 0 Å². The summed E-state index contributed by atoms with van der Waals surface area (Å²) in [4.78, 5) is 0. The molecule has 0 spiro atoms. The lowest BCUT2D eigenvalue weighted by atomic mass is 10.9. The van der Waals surface area contributed by atoms with Crippen molar-refractivity contribution in [2.24, 2.45) is 0 Å². The summed E-state index contributed by atoms with van der Waals surface area (Å²) in [5, 5.41) is 7.71. The number of nitrogens with zero attached hydrogens (tertiary/aromatic N) is 1. The predicted octanol–water partition coefficient (Wildman–Crippen LogP) is 1.40. The van der Waals surface area contributed by atoms with Crippen molar-refractivity contribution in [3.63, 3.8) is 0 Å². The summed E-state index contributed by atoms with van der Waals surface area (Å²) in [6.45, 7) is 0. The third-order valence-electron chi connectivity index (χ3n) is 0.119. The van der Waals surface area contributed by atoms with Crippen molar-refractivity contribution in [2.75, 3.05) is 5.75 Å². The number of rotatable bonds is 1. The number of nitriles is 1. The molecule has 0 rings (SSSR count). The summed E-state index contributed by atoms with van der Waals surface area (Å²) >= 11 is 0. The van der Waals surface area contributed by atoms with Crippen molar-refractivity contribution in [3.8, 4) is 6.07 Å². The summed E-state index contributed by atoms with van der Waals surface area (Å²) in [5.41, 5.74) is 0. The van der Waals surface area contributed by atoms with Crippen LogP contribution >= 0.6 is 21.7 Å². The first-order valence-electron chi connectivity index (χ1n) is 1.02. The van der Waals surface area contributed by atoms with Gasteiger partial charge in [0.15, 0.2) is 0 Å². The topological polar surface area (TPSA) is 23.8 Å². The van der Waals surface area contributed by atoms with E-state index in [1.54, 1.807) is 0 Å². The van der Waals surface area contributed by atoms with E-state index in [0.717, 1.165) is 11.0 Å². The van der Waals surface area contributed by atoms with Crippen LogP contribution in [0.25, 0.3) is 0 Å². The van der Waals surface area contributed by atoms with Gasteiger partial charge in [-0.05, 0) is 21.7 Å². The molecule has 0 bridgehead atoms. The molecule has 0 aromatic heterocycles.